The van der Waals surface area contributed by atoms with Crippen LogP contribution in [0.1, 0.15) is 66.9 Å². The third-order valence-corrected chi connectivity index (χ3v) is 10.6. The number of Topliss-reactive ketones (excluding diaryl/α,β-unsaturated/α-hetero) is 1. The molecule has 1 aromatic heterocycles. The van der Waals surface area contributed by atoms with Gasteiger partial charge in [-0.1, -0.05) is 23.5 Å². The number of nitrogens with zero attached hydrogens (tertiary/aromatic N) is 4. The van der Waals surface area contributed by atoms with Crippen molar-refractivity contribution in [2.45, 2.75) is 71.4 Å². The topological polar surface area (TPSA) is 97.9 Å². The summed E-state index contributed by atoms with van der Waals surface area (Å²) in [6.07, 6.45) is 6.06. The molecule has 43 heavy (non-hydrogen) atoms. The lowest BCUT2D eigenvalue weighted by Crippen LogP contribution is -2.58. The quantitative estimate of drug-likeness (QED) is 0.424. The summed E-state index contributed by atoms with van der Waals surface area (Å²) < 4.78 is 13.4. The number of nitrogens with one attached hydrogen (secondary N) is 2. The van der Waals surface area contributed by atoms with E-state index in [4.69, 9.17) is 0 Å². The van der Waals surface area contributed by atoms with E-state index >= 15 is 0 Å². The van der Waals surface area contributed by atoms with Crippen molar-refractivity contribution in [2.24, 2.45) is 11.8 Å². The molecular weight excluding hydrogens is 567 g/mol. The standard InChI is InChI=1S/C32H45FN6O3S/c1-21-30(22(2)40)43-32(34-21)36-31(42)35-29-12-16-39(28-10-14-38(15-11-28)23(3)41)20-26(29)19-37-13-4-5-25(18-37)17-24-6-8-27(33)9-7-24/h6-9,25-26,28-29H,4-5,10-20H2,1-3H3,(H2,34,35,36,42)/t25-,26+,29+/m0/s1. The number of benzene rings is 1. The highest BCUT2D eigenvalue weighted by atomic mass is 32.1. The number of piperidine rings is 3. The highest BCUT2D eigenvalue weighted by molar-refractivity contribution is 7.17. The Morgan fingerprint density at radius 2 is 1.74 bits per heavy atom. The molecule has 5 rings (SSSR count). The number of amides is 3. The van der Waals surface area contributed by atoms with Gasteiger partial charge in [0.25, 0.3) is 0 Å². The molecule has 3 aliphatic rings. The smallest absolute Gasteiger partial charge is 0.321 e. The minimum atomic E-state index is -0.283. The predicted octanol–water partition coefficient (Wildman–Crippen LogP) is 4.57. The van der Waals surface area contributed by atoms with Crippen molar-refractivity contribution in [3.05, 3.63) is 46.2 Å². The number of hydrogen-bond acceptors (Lipinski definition) is 7. The molecule has 0 aliphatic carbocycles. The number of aromatic nitrogens is 1. The summed E-state index contributed by atoms with van der Waals surface area (Å²) in [6, 6.07) is 7.06. The van der Waals surface area contributed by atoms with Crippen molar-refractivity contribution in [1.82, 2.24) is 25.0 Å². The number of ketones is 1. The number of halogens is 1. The Labute approximate surface area is 258 Å². The van der Waals surface area contributed by atoms with Gasteiger partial charge in [0.1, 0.15) is 5.82 Å². The van der Waals surface area contributed by atoms with Gasteiger partial charge >= 0.3 is 6.03 Å². The van der Waals surface area contributed by atoms with Crippen LogP contribution in [0.15, 0.2) is 24.3 Å². The molecular formula is C32H45FN6O3S. The molecule has 3 saturated heterocycles. The SMILES string of the molecule is CC(=O)c1sc(NC(=O)N[C@@H]2CCN(C3CCN(C(C)=O)CC3)C[C@H]2CN2CCC[C@@H](Cc3ccc(F)cc3)C2)nc1C. The number of urea groups is 1. The van der Waals surface area contributed by atoms with Crippen molar-refractivity contribution in [1.29, 1.82) is 0 Å². The Kier molecular flexibility index (Phi) is 10.5. The Hall–Kier alpha value is -2.89. The van der Waals surface area contributed by atoms with Crippen molar-refractivity contribution >= 4 is 34.2 Å². The van der Waals surface area contributed by atoms with Gasteiger partial charge in [-0.05, 0) is 75.6 Å². The molecule has 4 heterocycles. The lowest BCUT2D eigenvalue weighted by molar-refractivity contribution is -0.130. The molecule has 2 N–H and O–H groups in total. The molecule has 0 spiro atoms. The summed E-state index contributed by atoms with van der Waals surface area (Å²) in [7, 11) is 0. The van der Waals surface area contributed by atoms with Crippen LogP contribution < -0.4 is 10.6 Å². The number of anilines is 1. The van der Waals surface area contributed by atoms with Crippen LogP contribution in [-0.2, 0) is 11.2 Å². The zero-order valence-electron chi connectivity index (χ0n) is 25.6. The number of likely N-dealkylation sites (tertiary alicyclic amines) is 3. The monoisotopic (exact) mass is 612 g/mol. The van der Waals surface area contributed by atoms with Crippen molar-refractivity contribution in [3.63, 3.8) is 0 Å². The van der Waals surface area contributed by atoms with Crippen LogP contribution >= 0.6 is 11.3 Å². The van der Waals surface area contributed by atoms with Gasteiger partial charge in [0, 0.05) is 71.1 Å². The summed E-state index contributed by atoms with van der Waals surface area (Å²) >= 11 is 1.21. The number of hydrogen-bond donors (Lipinski definition) is 2. The molecule has 0 unspecified atom stereocenters. The first-order chi connectivity index (χ1) is 20.6. The maximum atomic E-state index is 13.4. The highest BCUT2D eigenvalue weighted by Crippen LogP contribution is 2.28. The zero-order valence-corrected chi connectivity index (χ0v) is 26.4. The first kappa shape index (κ1) is 31.5. The number of aryl methyl sites for hydroxylation is 1. The fourth-order valence-electron chi connectivity index (χ4n) is 7.16. The van der Waals surface area contributed by atoms with Gasteiger partial charge < -0.3 is 15.1 Å². The van der Waals surface area contributed by atoms with Gasteiger partial charge in [0.15, 0.2) is 10.9 Å². The average molecular weight is 613 g/mol. The van der Waals surface area contributed by atoms with Crippen LogP contribution in [0, 0.1) is 24.6 Å². The van der Waals surface area contributed by atoms with E-state index in [0.717, 1.165) is 77.9 Å². The van der Waals surface area contributed by atoms with E-state index in [9.17, 15) is 18.8 Å². The number of thiazole rings is 1. The second-order valence-corrected chi connectivity index (χ2v) is 13.6. The summed E-state index contributed by atoms with van der Waals surface area (Å²) in [5.74, 6) is 0.671. The average Bonchev–Trinajstić information content (AvgIpc) is 3.35. The highest BCUT2D eigenvalue weighted by Gasteiger charge is 2.36. The molecule has 2 aromatic rings. The molecule has 3 aliphatic heterocycles. The van der Waals surface area contributed by atoms with E-state index in [0.29, 0.717) is 27.7 Å². The van der Waals surface area contributed by atoms with E-state index in [-0.39, 0.29) is 35.5 Å². The molecule has 3 amide bonds. The van der Waals surface area contributed by atoms with Crippen LogP contribution in [0.25, 0.3) is 0 Å². The Morgan fingerprint density at radius 1 is 1.00 bits per heavy atom. The second-order valence-electron chi connectivity index (χ2n) is 12.6. The van der Waals surface area contributed by atoms with E-state index in [1.807, 2.05) is 17.0 Å². The van der Waals surface area contributed by atoms with E-state index in [1.165, 1.54) is 30.2 Å². The predicted molar refractivity (Wildman–Crippen MR) is 167 cm³/mol. The fraction of sp³-hybridized carbons (Fsp3) is 0.625. The molecule has 9 nitrogen and oxygen atoms in total. The molecule has 1 aromatic carbocycles. The molecule has 3 atom stereocenters. The summed E-state index contributed by atoms with van der Waals surface area (Å²) in [6.45, 7) is 11.3. The summed E-state index contributed by atoms with van der Waals surface area (Å²) in [4.78, 5) is 48.9. The van der Waals surface area contributed by atoms with Gasteiger partial charge in [0.05, 0.1) is 10.6 Å². The first-order valence-electron chi connectivity index (χ1n) is 15.7. The van der Waals surface area contributed by atoms with E-state index in [1.54, 1.807) is 26.0 Å². The summed E-state index contributed by atoms with van der Waals surface area (Å²) in [5, 5.41) is 6.56. The van der Waals surface area contributed by atoms with E-state index < -0.39 is 0 Å². The van der Waals surface area contributed by atoms with Crippen LogP contribution in [0.5, 0.6) is 0 Å². The second kappa shape index (κ2) is 14.3. The molecule has 0 radical (unpaired) electrons. The largest absolute Gasteiger partial charge is 0.343 e. The number of carbonyl (C=O) groups excluding carboxylic acids is 3. The van der Waals surface area contributed by atoms with Crippen LogP contribution in [0.2, 0.25) is 0 Å². The lowest BCUT2D eigenvalue weighted by atomic mass is 9.87. The van der Waals surface area contributed by atoms with E-state index in [2.05, 4.69) is 25.4 Å². The Morgan fingerprint density at radius 3 is 2.42 bits per heavy atom. The minimum Gasteiger partial charge on any atom is -0.343 e. The Balaban J connectivity index is 1.23. The minimum absolute atomic E-state index is 0.0133. The maximum absolute atomic E-state index is 13.4. The molecule has 11 heteroatoms. The lowest BCUT2D eigenvalue weighted by Gasteiger charge is -2.46. The normalized spacial score (nSPS) is 24.1. The molecule has 0 bridgehead atoms. The summed E-state index contributed by atoms with van der Waals surface area (Å²) in [5.41, 5.74) is 1.81. The van der Waals surface area contributed by atoms with Crippen LogP contribution in [0.3, 0.4) is 0 Å². The Bertz CT molecular complexity index is 1280. The molecule has 0 saturated carbocycles. The molecule has 234 valence electrons. The van der Waals surface area contributed by atoms with Gasteiger partial charge in [-0.3, -0.25) is 19.8 Å². The third kappa shape index (κ3) is 8.39. The van der Waals surface area contributed by atoms with Crippen molar-refractivity contribution < 1.29 is 18.8 Å². The van der Waals surface area contributed by atoms with Gasteiger partial charge in [-0.15, -0.1) is 0 Å². The zero-order chi connectivity index (χ0) is 30.5. The number of rotatable bonds is 8. The first-order valence-corrected chi connectivity index (χ1v) is 16.5. The fourth-order valence-corrected chi connectivity index (χ4v) is 8.02. The van der Waals surface area contributed by atoms with Gasteiger partial charge in [-0.2, -0.15) is 0 Å². The van der Waals surface area contributed by atoms with Crippen molar-refractivity contribution in [3.8, 4) is 0 Å². The number of carbonyl (C=O) groups is 3. The van der Waals surface area contributed by atoms with Gasteiger partial charge in [-0.25, -0.2) is 14.2 Å². The van der Waals surface area contributed by atoms with Crippen molar-refractivity contribution in [2.75, 3.05) is 51.1 Å². The maximum Gasteiger partial charge on any atom is 0.321 e. The van der Waals surface area contributed by atoms with Gasteiger partial charge in [0.2, 0.25) is 5.91 Å². The van der Waals surface area contributed by atoms with Crippen LogP contribution in [0.4, 0.5) is 14.3 Å². The third-order valence-electron chi connectivity index (χ3n) is 9.38. The van der Waals surface area contributed by atoms with Crippen LogP contribution in [-0.4, -0.2) is 95.3 Å². The molecule has 3 fully saturated rings.